The lowest BCUT2D eigenvalue weighted by molar-refractivity contribution is 0.266. The molecule has 1 saturated heterocycles. The number of ether oxygens (including phenoxy) is 1. The molecular weight excluding hydrogens is 446 g/mol. The number of hydrogen-bond acceptors (Lipinski definition) is 5. The van der Waals surface area contributed by atoms with Gasteiger partial charge in [0.15, 0.2) is 5.75 Å². The SMILES string of the molecule is CC(C)(C)c1ccc(S(=O)(=O)N2CCN(C3=Nc4ccccc4Oc4ccccc43)CC2)cc1. The Morgan fingerprint density at radius 1 is 0.794 bits per heavy atom. The number of para-hydroxylation sites is 3. The summed E-state index contributed by atoms with van der Waals surface area (Å²) in [6.07, 6.45) is 0. The van der Waals surface area contributed by atoms with E-state index in [1.54, 1.807) is 16.4 Å². The zero-order chi connectivity index (χ0) is 23.9. The number of amidine groups is 1. The summed E-state index contributed by atoms with van der Waals surface area (Å²) >= 11 is 0. The van der Waals surface area contributed by atoms with Crippen molar-refractivity contribution >= 4 is 21.5 Å². The number of sulfonamides is 1. The summed E-state index contributed by atoms with van der Waals surface area (Å²) < 4.78 is 34.3. The monoisotopic (exact) mass is 475 g/mol. The first-order chi connectivity index (χ1) is 16.2. The summed E-state index contributed by atoms with van der Waals surface area (Å²) in [6.45, 7) is 8.25. The van der Waals surface area contributed by atoms with Gasteiger partial charge in [0.05, 0.1) is 10.5 Å². The van der Waals surface area contributed by atoms with Crippen molar-refractivity contribution in [2.45, 2.75) is 31.1 Å². The fraction of sp³-hybridized carbons (Fsp3) is 0.296. The first kappa shape index (κ1) is 22.6. The standard InChI is InChI=1S/C27H29N3O3S/c1-27(2,3)20-12-14-21(15-13-20)34(31,32)30-18-16-29(17-19-30)26-22-8-4-6-10-24(22)33-25-11-7-5-9-23(25)28-26/h4-15H,16-19H2,1-3H3. The first-order valence-electron chi connectivity index (χ1n) is 11.5. The first-order valence-corrected chi connectivity index (χ1v) is 13.0. The van der Waals surface area contributed by atoms with E-state index in [-0.39, 0.29) is 5.41 Å². The van der Waals surface area contributed by atoms with Crippen molar-refractivity contribution < 1.29 is 13.2 Å². The van der Waals surface area contributed by atoms with E-state index < -0.39 is 10.0 Å². The molecule has 0 amide bonds. The Morgan fingerprint density at radius 3 is 2.09 bits per heavy atom. The van der Waals surface area contributed by atoms with E-state index in [1.807, 2.05) is 60.7 Å². The van der Waals surface area contributed by atoms with Gasteiger partial charge < -0.3 is 9.64 Å². The number of hydrogen-bond donors (Lipinski definition) is 0. The molecule has 0 N–H and O–H groups in total. The minimum atomic E-state index is -3.55. The normalized spacial score (nSPS) is 16.7. The highest BCUT2D eigenvalue weighted by Gasteiger charge is 2.31. The summed E-state index contributed by atoms with van der Waals surface area (Å²) in [7, 11) is -3.55. The summed E-state index contributed by atoms with van der Waals surface area (Å²) in [4.78, 5) is 7.42. The summed E-state index contributed by atoms with van der Waals surface area (Å²) in [5, 5.41) is 0. The molecule has 3 aromatic carbocycles. The molecule has 0 aliphatic carbocycles. The van der Waals surface area contributed by atoms with Gasteiger partial charge in [-0.15, -0.1) is 0 Å². The van der Waals surface area contributed by atoms with Crippen molar-refractivity contribution in [3.05, 3.63) is 83.9 Å². The smallest absolute Gasteiger partial charge is 0.243 e. The minimum absolute atomic E-state index is 0.0218. The average Bonchev–Trinajstić information content (AvgIpc) is 3.00. The second-order valence-corrected chi connectivity index (χ2v) is 11.6. The lowest BCUT2D eigenvalue weighted by Crippen LogP contribution is -2.50. The second-order valence-electron chi connectivity index (χ2n) is 9.67. The minimum Gasteiger partial charge on any atom is -0.454 e. The van der Waals surface area contributed by atoms with Crippen LogP contribution in [-0.2, 0) is 15.4 Å². The Labute approximate surface area is 201 Å². The van der Waals surface area contributed by atoms with Gasteiger partial charge in [0, 0.05) is 26.2 Å². The molecule has 0 spiro atoms. The molecule has 6 nitrogen and oxygen atoms in total. The molecule has 2 heterocycles. The molecule has 2 aliphatic heterocycles. The van der Waals surface area contributed by atoms with Crippen molar-refractivity contribution in [1.29, 1.82) is 0 Å². The predicted octanol–water partition coefficient (Wildman–Crippen LogP) is 5.17. The largest absolute Gasteiger partial charge is 0.454 e. The topological polar surface area (TPSA) is 62.2 Å². The molecule has 7 heteroatoms. The van der Waals surface area contributed by atoms with Crippen LogP contribution in [0.5, 0.6) is 11.5 Å². The van der Waals surface area contributed by atoms with Crippen molar-refractivity contribution in [2.24, 2.45) is 4.99 Å². The lowest BCUT2D eigenvalue weighted by atomic mass is 9.87. The van der Waals surface area contributed by atoms with Crippen LogP contribution in [0, 0.1) is 0 Å². The van der Waals surface area contributed by atoms with Crippen LogP contribution in [0.15, 0.2) is 82.7 Å². The summed E-state index contributed by atoms with van der Waals surface area (Å²) in [5.41, 5.74) is 2.77. The number of fused-ring (bicyclic) bond motifs is 2. The fourth-order valence-electron chi connectivity index (χ4n) is 4.33. The highest BCUT2D eigenvalue weighted by atomic mass is 32.2. The number of aliphatic imine (C=N–C) groups is 1. The molecule has 0 saturated carbocycles. The quantitative estimate of drug-likeness (QED) is 0.513. The second kappa shape index (κ2) is 8.56. The van der Waals surface area contributed by atoms with Crippen LogP contribution >= 0.6 is 0 Å². The predicted molar refractivity (Wildman–Crippen MR) is 135 cm³/mol. The molecule has 3 aromatic rings. The Hall–Kier alpha value is -3.16. The molecule has 0 aromatic heterocycles. The van der Waals surface area contributed by atoms with Crippen LogP contribution < -0.4 is 4.74 Å². The van der Waals surface area contributed by atoms with Gasteiger partial charge in [0.1, 0.15) is 17.3 Å². The van der Waals surface area contributed by atoms with Gasteiger partial charge >= 0.3 is 0 Å². The maximum Gasteiger partial charge on any atom is 0.243 e. The van der Waals surface area contributed by atoms with E-state index in [4.69, 9.17) is 9.73 Å². The molecular formula is C27H29N3O3S. The summed E-state index contributed by atoms with van der Waals surface area (Å²) in [5.74, 6) is 2.28. The van der Waals surface area contributed by atoms with Gasteiger partial charge in [-0.2, -0.15) is 4.31 Å². The molecule has 1 fully saturated rings. The number of piperazine rings is 1. The van der Waals surface area contributed by atoms with Gasteiger partial charge in [-0.05, 0) is 47.4 Å². The third-order valence-electron chi connectivity index (χ3n) is 6.34. The van der Waals surface area contributed by atoms with Crippen LogP contribution in [-0.4, -0.2) is 49.6 Å². The highest BCUT2D eigenvalue weighted by Crippen LogP contribution is 2.38. The summed E-state index contributed by atoms with van der Waals surface area (Å²) in [6, 6.07) is 22.8. The number of nitrogens with zero attached hydrogens (tertiary/aromatic N) is 3. The molecule has 0 bridgehead atoms. The van der Waals surface area contributed by atoms with Gasteiger partial charge in [-0.3, -0.25) is 0 Å². The number of rotatable bonds is 2. The van der Waals surface area contributed by atoms with Crippen LogP contribution in [0.1, 0.15) is 31.9 Å². The Kier molecular flexibility index (Phi) is 5.70. The van der Waals surface area contributed by atoms with Crippen molar-refractivity contribution in [3.63, 3.8) is 0 Å². The molecule has 0 atom stereocenters. The van der Waals surface area contributed by atoms with Crippen molar-refractivity contribution in [2.75, 3.05) is 26.2 Å². The highest BCUT2D eigenvalue weighted by molar-refractivity contribution is 7.89. The lowest BCUT2D eigenvalue weighted by Gasteiger charge is -2.36. The maximum absolute atomic E-state index is 13.3. The average molecular weight is 476 g/mol. The van der Waals surface area contributed by atoms with E-state index in [1.165, 1.54) is 0 Å². The van der Waals surface area contributed by atoms with E-state index in [2.05, 4.69) is 25.7 Å². The van der Waals surface area contributed by atoms with Crippen LogP contribution in [0.2, 0.25) is 0 Å². The van der Waals surface area contributed by atoms with E-state index in [0.29, 0.717) is 36.8 Å². The van der Waals surface area contributed by atoms with Gasteiger partial charge in [-0.1, -0.05) is 57.2 Å². The van der Waals surface area contributed by atoms with Crippen LogP contribution in [0.25, 0.3) is 0 Å². The molecule has 2 aliphatic rings. The van der Waals surface area contributed by atoms with Crippen molar-refractivity contribution in [1.82, 2.24) is 9.21 Å². The van der Waals surface area contributed by atoms with E-state index in [9.17, 15) is 8.42 Å². The molecule has 5 rings (SSSR count). The Morgan fingerprint density at radius 2 is 1.41 bits per heavy atom. The van der Waals surface area contributed by atoms with Gasteiger partial charge in [0.2, 0.25) is 10.0 Å². The Bertz CT molecular complexity index is 1330. The van der Waals surface area contributed by atoms with Crippen molar-refractivity contribution in [3.8, 4) is 11.5 Å². The maximum atomic E-state index is 13.3. The van der Waals surface area contributed by atoms with Crippen LogP contribution in [0.3, 0.4) is 0 Å². The number of benzene rings is 3. The van der Waals surface area contributed by atoms with E-state index in [0.717, 1.165) is 28.4 Å². The molecule has 34 heavy (non-hydrogen) atoms. The molecule has 0 radical (unpaired) electrons. The zero-order valence-electron chi connectivity index (χ0n) is 19.7. The molecule has 0 unspecified atom stereocenters. The Balaban J connectivity index is 1.38. The molecule has 176 valence electrons. The van der Waals surface area contributed by atoms with Gasteiger partial charge in [-0.25, -0.2) is 13.4 Å². The third-order valence-corrected chi connectivity index (χ3v) is 8.25. The zero-order valence-corrected chi connectivity index (χ0v) is 20.5. The van der Waals surface area contributed by atoms with E-state index >= 15 is 0 Å². The third kappa shape index (κ3) is 4.21. The van der Waals surface area contributed by atoms with Crippen LogP contribution in [0.4, 0.5) is 5.69 Å². The fourth-order valence-corrected chi connectivity index (χ4v) is 5.75. The van der Waals surface area contributed by atoms with Gasteiger partial charge in [0.25, 0.3) is 0 Å².